The molecule has 124 valence electrons. The summed E-state index contributed by atoms with van der Waals surface area (Å²) in [4.78, 5) is 13.7. The second-order valence-electron chi connectivity index (χ2n) is 7.05. The predicted octanol–water partition coefficient (Wildman–Crippen LogP) is 2.88. The van der Waals surface area contributed by atoms with Crippen LogP contribution in [0.1, 0.15) is 36.8 Å². The molecule has 0 radical (unpaired) electrons. The number of nitriles is 1. The highest BCUT2D eigenvalue weighted by molar-refractivity contribution is 7.16. The van der Waals surface area contributed by atoms with E-state index < -0.39 is 29.5 Å². The van der Waals surface area contributed by atoms with E-state index >= 15 is 0 Å². The van der Waals surface area contributed by atoms with Crippen molar-refractivity contribution in [3.05, 3.63) is 16.0 Å². The highest BCUT2D eigenvalue weighted by Crippen LogP contribution is 2.58. The van der Waals surface area contributed by atoms with Crippen LogP contribution in [0.15, 0.2) is 0 Å². The van der Waals surface area contributed by atoms with Crippen molar-refractivity contribution >= 4 is 22.4 Å². The number of thiophene rings is 1. The summed E-state index contributed by atoms with van der Waals surface area (Å²) in [7, 11) is 0. The number of carbonyl (C=O) groups is 1. The first-order chi connectivity index (χ1) is 10.5. The van der Waals surface area contributed by atoms with E-state index in [1.165, 1.54) is 4.90 Å². The Morgan fingerprint density at radius 1 is 1.43 bits per heavy atom. The van der Waals surface area contributed by atoms with Crippen molar-refractivity contribution in [2.45, 2.75) is 44.1 Å². The number of hydrogen-bond donors (Lipinski definition) is 1. The number of likely N-dealkylation sites (tertiary alicyclic amines) is 1. The van der Waals surface area contributed by atoms with E-state index in [2.05, 4.69) is 0 Å². The minimum absolute atomic E-state index is 0.131. The number of nitrogens with zero attached hydrogens (tertiary/aromatic N) is 2. The van der Waals surface area contributed by atoms with E-state index in [1.54, 1.807) is 20.8 Å². The van der Waals surface area contributed by atoms with Gasteiger partial charge in [-0.05, 0) is 20.8 Å². The fraction of sp³-hybridized carbons (Fsp3) is 0.600. The predicted molar refractivity (Wildman–Crippen MR) is 81.6 cm³/mol. The molecule has 1 spiro atoms. The normalized spacial score (nSPS) is 20.8. The molecule has 0 saturated carbocycles. The van der Waals surface area contributed by atoms with Gasteiger partial charge in [0.15, 0.2) is 0 Å². The molecule has 8 heteroatoms. The van der Waals surface area contributed by atoms with Crippen molar-refractivity contribution in [3.8, 4) is 6.07 Å². The van der Waals surface area contributed by atoms with Crippen molar-refractivity contribution in [2.75, 3.05) is 18.8 Å². The smallest absolute Gasteiger partial charge is 0.410 e. The number of rotatable bonds is 0. The average molecular weight is 341 g/mol. The van der Waals surface area contributed by atoms with E-state index in [4.69, 9.17) is 10.5 Å². The Morgan fingerprint density at radius 3 is 2.57 bits per heavy atom. The van der Waals surface area contributed by atoms with Gasteiger partial charge in [0.25, 0.3) is 5.92 Å². The van der Waals surface area contributed by atoms with Crippen LogP contribution < -0.4 is 5.73 Å². The van der Waals surface area contributed by atoms with Crippen LogP contribution in [0.4, 0.5) is 18.6 Å². The van der Waals surface area contributed by atoms with Crippen molar-refractivity contribution in [1.82, 2.24) is 4.90 Å². The molecule has 0 bridgehead atoms. The average Bonchev–Trinajstić information content (AvgIpc) is 2.71. The summed E-state index contributed by atoms with van der Waals surface area (Å²) < 4.78 is 34.4. The number of amides is 1. The van der Waals surface area contributed by atoms with Crippen molar-refractivity contribution in [2.24, 2.45) is 0 Å². The molecule has 1 aromatic heterocycles. The van der Waals surface area contributed by atoms with Gasteiger partial charge >= 0.3 is 6.09 Å². The summed E-state index contributed by atoms with van der Waals surface area (Å²) in [5.41, 5.74) is 4.03. The first kappa shape index (κ1) is 16.0. The number of anilines is 1. The molecule has 0 unspecified atom stereocenters. The zero-order valence-electron chi connectivity index (χ0n) is 13.1. The number of carbonyl (C=O) groups excluding carboxylic acids is 1. The zero-order valence-corrected chi connectivity index (χ0v) is 13.9. The molecule has 0 aromatic carbocycles. The number of alkyl halides is 2. The molecule has 1 amide bonds. The van der Waals surface area contributed by atoms with Crippen molar-refractivity contribution < 1.29 is 18.3 Å². The number of ether oxygens (including phenoxy) is 1. The van der Waals surface area contributed by atoms with E-state index in [-0.39, 0.29) is 23.7 Å². The molecule has 1 aromatic rings. The Bertz CT molecular complexity index is 724. The Kier molecular flexibility index (Phi) is 3.18. The molecule has 1 saturated heterocycles. The number of fused-ring (bicyclic) bond motifs is 2. The monoisotopic (exact) mass is 341 g/mol. The maximum Gasteiger partial charge on any atom is 0.410 e. The Hall–Kier alpha value is -1.88. The van der Waals surface area contributed by atoms with E-state index in [1.807, 2.05) is 6.07 Å². The first-order valence-electron chi connectivity index (χ1n) is 7.18. The van der Waals surface area contributed by atoms with Gasteiger partial charge in [-0.25, -0.2) is 13.6 Å². The fourth-order valence-electron chi connectivity index (χ4n) is 3.24. The van der Waals surface area contributed by atoms with Crippen LogP contribution in [0.5, 0.6) is 0 Å². The molecule has 0 atom stereocenters. The minimum Gasteiger partial charge on any atom is -0.444 e. The lowest BCUT2D eigenvalue weighted by molar-refractivity contribution is -0.127. The molecule has 1 aliphatic heterocycles. The van der Waals surface area contributed by atoms with Crippen LogP contribution >= 0.6 is 11.3 Å². The van der Waals surface area contributed by atoms with Crippen LogP contribution in [0, 0.1) is 11.3 Å². The van der Waals surface area contributed by atoms with Gasteiger partial charge < -0.3 is 15.4 Å². The van der Waals surface area contributed by atoms with Gasteiger partial charge in [-0.2, -0.15) is 5.26 Å². The molecule has 23 heavy (non-hydrogen) atoms. The van der Waals surface area contributed by atoms with Gasteiger partial charge in [-0.3, -0.25) is 0 Å². The number of nitrogen functional groups attached to an aromatic ring is 1. The largest absolute Gasteiger partial charge is 0.444 e. The Morgan fingerprint density at radius 2 is 2.04 bits per heavy atom. The molecular formula is C15H17F2N3O2S. The summed E-state index contributed by atoms with van der Waals surface area (Å²) in [5.74, 6) is -2.99. The molecule has 2 N–H and O–H groups in total. The zero-order chi connectivity index (χ0) is 17.2. The molecule has 1 fully saturated rings. The minimum atomic E-state index is -2.99. The Labute approximate surface area is 136 Å². The molecular weight excluding hydrogens is 324 g/mol. The molecule has 2 heterocycles. The molecule has 1 aliphatic carbocycles. The lowest BCUT2D eigenvalue weighted by Gasteiger charge is -2.50. The third-order valence-corrected chi connectivity index (χ3v) is 5.27. The van der Waals surface area contributed by atoms with Gasteiger partial charge in [0, 0.05) is 30.0 Å². The maximum atomic E-state index is 14.6. The standard InChI is InChI=1S/C15H17F2N3O2S/c1-13(2,3)22-12(21)20-6-14(7-20)10-8(5-18)11(19)23-9(10)4-15(14,16)17/h4,6-7,19H2,1-3H3. The molecule has 5 nitrogen and oxygen atoms in total. The van der Waals surface area contributed by atoms with E-state index in [0.29, 0.717) is 10.4 Å². The summed E-state index contributed by atoms with van der Waals surface area (Å²) in [6, 6.07) is 1.94. The second-order valence-corrected chi connectivity index (χ2v) is 8.19. The van der Waals surface area contributed by atoms with Gasteiger partial charge in [0.2, 0.25) is 0 Å². The second kappa shape index (κ2) is 4.57. The van der Waals surface area contributed by atoms with Crippen molar-refractivity contribution in [1.29, 1.82) is 5.26 Å². The lowest BCUT2D eigenvalue weighted by atomic mass is 9.72. The number of nitrogens with two attached hydrogens (primary N) is 1. The maximum absolute atomic E-state index is 14.6. The summed E-state index contributed by atoms with van der Waals surface area (Å²) in [6.07, 6.45) is -1.05. The quantitative estimate of drug-likeness (QED) is 0.787. The van der Waals surface area contributed by atoms with Crippen LogP contribution in [0.25, 0.3) is 0 Å². The summed E-state index contributed by atoms with van der Waals surface area (Å²) in [5, 5.41) is 9.51. The molecule has 3 rings (SSSR count). The van der Waals surface area contributed by atoms with Crippen LogP contribution in [-0.2, 0) is 16.6 Å². The van der Waals surface area contributed by atoms with Gasteiger partial charge in [-0.1, -0.05) is 0 Å². The summed E-state index contributed by atoms with van der Waals surface area (Å²) >= 11 is 1.04. The number of hydrogen-bond acceptors (Lipinski definition) is 5. The first-order valence-corrected chi connectivity index (χ1v) is 8.00. The number of halogens is 2. The van der Waals surface area contributed by atoms with E-state index in [9.17, 15) is 18.8 Å². The molecule has 2 aliphatic rings. The van der Waals surface area contributed by atoms with Crippen molar-refractivity contribution in [3.63, 3.8) is 0 Å². The van der Waals surface area contributed by atoms with E-state index in [0.717, 1.165) is 11.3 Å². The fourth-order valence-corrected chi connectivity index (χ4v) is 4.41. The topological polar surface area (TPSA) is 79.3 Å². The SMILES string of the molecule is CC(C)(C)OC(=O)N1CC2(C1)c1c(sc(N)c1C#N)CC2(F)F. The van der Waals surface area contributed by atoms with Gasteiger partial charge in [0.1, 0.15) is 16.7 Å². The van der Waals surface area contributed by atoms with Crippen LogP contribution in [0.3, 0.4) is 0 Å². The highest BCUT2D eigenvalue weighted by atomic mass is 32.1. The van der Waals surface area contributed by atoms with Crippen LogP contribution in [0.2, 0.25) is 0 Å². The lowest BCUT2D eigenvalue weighted by Crippen LogP contribution is -2.68. The Balaban J connectivity index is 1.90. The third-order valence-electron chi connectivity index (χ3n) is 4.25. The summed E-state index contributed by atoms with van der Waals surface area (Å²) in [6.45, 7) is 4.84. The van der Waals surface area contributed by atoms with Gasteiger partial charge in [0.05, 0.1) is 11.0 Å². The third kappa shape index (κ3) is 2.17. The highest BCUT2D eigenvalue weighted by Gasteiger charge is 2.68. The van der Waals surface area contributed by atoms with Crippen LogP contribution in [-0.4, -0.2) is 35.6 Å². The van der Waals surface area contributed by atoms with Gasteiger partial charge in [-0.15, -0.1) is 11.3 Å².